The largest absolute Gasteiger partial charge is 0.497 e. The Hall–Kier alpha value is -2.42. The maximum atomic E-state index is 13.5. The van der Waals surface area contributed by atoms with E-state index >= 15 is 0 Å². The van der Waals surface area contributed by atoms with Gasteiger partial charge in [-0.3, -0.25) is 4.79 Å². The van der Waals surface area contributed by atoms with Gasteiger partial charge in [0.05, 0.1) is 18.1 Å². The lowest BCUT2D eigenvalue weighted by molar-refractivity contribution is 0.0507. The van der Waals surface area contributed by atoms with Gasteiger partial charge in [-0.15, -0.1) is 0 Å². The number of benzene rings is 2. The second-order valence-corrected chi connectivity index (χ2v) is 10.3. The van der Waals surface area contributed by atoms with Crippen LogP contribution in [0.25, 0.3) is 0 Å². The van der Waals surface area contributed by atoms with Gasteiger partial charge in [0.15, 0.2) is 0 Å². The molecule has 32 heavy (non-hydrogen) atoms. The van der Waals surface area contributed by atoms with Gasteiger partial charge in [0.25, 0.3) is 5.91 Å². The number of ether oxygens (including phenoxy) is 2. The van der Waals surface area contributed by atoms with Crippen LogP contribution < -0.4 is 9.46 Å². The molecule has 2 aromatic rings. The zero-order valence-electron chi connectivity index (χ0n) is 18.3. The zero-order chi connectivity index (χ0) is 22.6. The Morgan fingerprint density at radius 3 is 2.69 bits per heavy atom. The molecule has 2 aromatic carbocycles. The predicted octanol–water partition coefficient (Wildman–Crippen LogP) is 3.20. The van der Waals surface area contributed by atoms with E-state index < -0.39 is 10.0 Å². The summed E-state index contributed by atoms with van der Waals surface area (Å²) in [4.78, 5) is 15.3. The molecule has 4 rings (SSSR count). The Morgan fingerprint density at radius 1 is 1.16 bits per heavy atom. The second kappa shape index (κ2) is 10.0. The van der Waals surface area contributed by atoms with Crippen LogP contribution in [0.3, 0.4) is 0 Å². The third kappa shape index (κ3) is 5.88. The fourth-order valence-corrected chi connectivity index (χ4v) is 5.02. The van der Waals surface area contributed by atoms with Crippen molar-refractivity contribution in [2.45, 2.75) is 43.2 Å². The molecule has 1 saturated heterocycles. The molecule has 1 aliphatic heterocycles. The van der Waals surface area contributed by atoms with Crippen LogP contribution in [0, 0.1) is 5.92 Å². The average molecular weight is 459 g/mol. The Balaban J connectivity index is 1.55. The molecule has 1 saturated carbocycles. The molecule has 1 unspecified atom stereocenters. The summed E-state index contributed by atoms with van der Waals surface area (Å²) >= 11 is 0. The predicted molar refractivity (Wildman–Crippen MR) is 121 cm³/mol. The zero-order valence-corrected chi connectivity index (χ0v) is 19.1. The molecule has 1 atom stereocenters. The number of sulfonamides is 1. The van der Waals surface area contributed by atoms with E-state index in [1.807, 2.05) is 24.3 Å². The Bertz CT molecular complexity index is 1050. The molecule has 1 aliphatic carbocycles. The van der Waals surface area contributed by atoms with Crippen molar-refractivity contribution in [2.75, 3.05) is 26.8 Å². The van der Waals surface area contributed by atoms with Gasteiger partial charge in [0, 0.05) is 31.8 Å². The van der Waals surface area contributed by atoms with E-state index in [2.05, 4.69) is 4.72 Å². The van der Waals surface area contributed by atoms with Crippen molar-refractivity contribution in [3.63, 3.8) is 0 Å². The molecule has 0 aromatic heterocycles. The number of carbonyl (C=O) groups is 1. The van der Waals surface area contributed by atoms with Gasteiger partial charge in [-0.25, -0.2) is 13.1 Å². The lowest BCUT2D eigenvalue weighted by Gasteiger charge is -2.26. The summed E-state index contributed by atoms with van der Waals surface area (Å²) in [6.45, 7) is 1.98. The van der Waals surface area contributed by atoms with Crippen molar-refractivity contribution in [1.29, 1.82) is 0 Å². The molecule has 172 valence electrons. The average Bonchev–Trinajstić information content (AvgIpc) is 3.51. The second-order valence-electron chi connectivity index (χ2n) is 8.50. The summed E-state index contributed by atoms with van der Waals surface area (Å²) in [5.41, 5.74) is 1.28. The number of rotatable bonds is 10. The third-order valence-corrected chi connectivity index (χ3v) is 7.31. The fourth-order valence-electron chi connectivity index (χ4n) is 3.86. The maximum Gasteiger partial charge on any atom is 0.254 e. The molecule has 2 aliphatic rings. The van der Waals surface area contributed by atoms with Gasteiger partial charge in [0.1, 0.15) is 5.75 Å². The molecule has 1 N–H and O–H groups in total. The van der Waals surface area contributed by atoms with E-state index in [-0.39, 0.29) is 16.9 Å². The quantitative estimate of drug-likeness (QED) is 0.591. The third-order valence-electron chi connectivity index (χ3n) is 5.89. The molecule has 1 heterocycles. The number of nitrogens with zero attached hydrogens (tertiary/aromatic N) is 1. The normalized spacial score (nSPS) is 18.5. The summed E-state index contributed by atoms with van der Waals surface area (Å²) in [6.07, 6.45) is 3.98. The first kappa shape index (κ1) is 22.8. The molecular formula is C24H30N2O5S. The van der Waals surface area contributed by atoms with Crippen molar-refractivity contribution < 1.29 is 22.7 Å². The van der Waals surface area contributed by atoms with Gasteiger partial charge in [-0.2, -0.15) is 0 Å². The van der Waals surface area contributed by atoms with E-state index in [0.717, 1.165) is 37.0 Å². The van der Waals surface area contributed by atoms with Crippen molar-refractivity contribution in [3.05, 3.63) is 59.7 Å². The van der Waals surface area contributed by atoms with Gasteiger partial charge in [-0.05, 0) is 67.5 Å². The number of methoxy groups -OCH3 is 1. The van der Waals surface area contributed by atoms with Crippen LogP contribution in [0.5, 0.6) is 5.75 Å². The van der Waals surface area contributed by atoms with E-state index in [0.29, 0.717) is 37.7 Å². The van der Waals surface area contributed by atoms with Crippen LogP contribution in [-0.4, -0.2) is 52.1 Å². The van der Waals surface area contributed by atoms with Crippen LogP contribution in [-0.2, 0) is 21.3 Å². The number of carbonyl (C=O) groups excluding carboxylic acids is 1. The molecule has 0 spiro atoms. The highest BCUT2D eigenvalue weighted by atomic mass is 32.2. The number of amides is 1. The van der Waals surface area contributed by atoms with Crippen LogP contribution in [0.2, 0.25) is 0 Å². The minimum absolute atomic E-state index is 0.0170. The first-order valence-corrected chi connectivity index (χ1v) is 12.6. The molecule has 0 radical (unpaired) electrons. The Morgan fingerprint density at radius 2 is 1.97 bits per heavy atom. The Labute approximate surface area is 189 Å². The van der Waals surface area contributed by atoms with Gasteiger partial charge in [-0.1, -0.05) is 18.2 Å². The van der Waals surface area contributed by atoms with Gasteiger partial charge < -0.3 is 14.4 Å². The van der Waals surface area contributed by atoms with Crippen molar-refractivity contribution in [3.8, 4) is 5.75 Å². The highest BCUT2D eigenvalue weighted by molar-refractivity contribution is 7.89. The minimum Gasteiger partial charge on any atom is -0.497 e. The van der Waals surface area contributed by atoms with Crippen molar-refractivity contribution >= 4 is 15.9 Å². The van der Waals surface area contributed by atoms with Gasteiger partial charge in [0.2, 0.25) is 10.0 Å². The number of nitrogens with one attached hydrogen (secondary N) is 1. The SMILES string of the molecule is COc1cccc(CN(CC2CCCO2)C(=O)c2cccc(S(=O)(=O)NCC3CC3)c2)c1. The standard InChI is InChI=1S/C24H30N2O5S/c1-30-21-7-2-5-19(13-21)16-26(17-22-8-4-12-31-22)24(27)20-6-3-9-23(14-20)32(28,29)25-15-18-10-11-18/h2-3,5-7,9,13-14,18,22,25H,4,8,10-12,15-17H2,1H3. The van der Waals surface area contributed by atoms with Gasteiger partial charge >= 0.3 is 0 Å². The maximum absolute atomic E-state index is 13.5. The Kier molecular flexibility index (Phi) is 7.13. The summed E-state index contributed by atoms with van der Waals surface area (Å²) in [6, 6.07) is 13.9. The van der Waals surface area contributed by atoms with E-state index in [4.69, 9.17) is 9.47 Å². The molecule has 0 bridgehead atoms. The topological polar surface area (TPSA) is 84.9 Å². The van der Waals surface area contributed by atoms with E-state index in [1.165, 1.54) is 12.1 Å². The molecule has 2 fully saturated rings. The van der Waals surface area contributed by atoms with Crippen LogP contribution in [0.15, 0.2) is 53.4 Å². The first-order chi connectivity index (χ1) is 15.4. The van der Waals surface area contributed by atoms with Crippen LogP contribution in [0.4, 0.5) is 0 Å². The smallest absolute Gasteiger partial charge is 0.254 e. The minimum atomic E-state index is -3.65. The summed E-state index contributed by atoms with van der Waals surface area (Å²) in [5.74, 6) is 0.934. The molecule has 7 nitrogen and oxygen atoms in total. The first-order valence-electron chi connectivity index (χ1n) is 11.1. The van der Waals surface area contributed by atoms with E-state index in [9.17, 15) is 13.2 Å². The van der Waals surface area contributed by atoms with Crippen molar-refractivity contribution in [2.24, 2.45) is 5.92 Å². The number of hydrogen-bond donors (Lipinski definition) is 1. The molecule has 1 amide bonds. The summed E-state index contributed by atoms with van der Waals surface area (Å²) < 4.78 is 39.1. The highest BCUT2D eigenvalue weighted by Crippen LogP contribution is 2.28. The molecular weight excluding hydrogens is 428 g/mol. The monoisotopic (exact) mass is 458 g/mol. The number of hydrogen-bond acceptors (Lipinski definition) is 5. The fraction of sp³-hybridized carbons (Fsp3) is 0.458. The highest BCUT2D eigenvalue weighted by Gasteiger charge is 2.27. The van der Waals surface area contributed by atoms with E-state index in [1.54, 1.807) is 24.1 Å². The summed E-state index contributed by atoms with van der Waals surface area (Å²) in [5, 5.41) is 0. The molecule has 8 heteroatoms. The summed E-state index contributed by atoms with van der Waals surface area (Å²) in [7, 11) is -2.04. The lowest BCUT2D eigenvalue weighted by Crippen LogP contribution is -2.37. The van der Waals surface area contributed by atoms with Crippen molar-refractivity contribution in [1.82, 2.24) is 9.62 Å². The van der Waals surface area contributed by atoms with Crippen LogP contribution >= 0.6 is 0 Å². The lowest BCUT2D eigenvalue weighted by atomic mass is 10.1. The van der Waals surface area contributed by atoms with Crippen LogP contribution in [0.1, 0.15) is 41.6 Å².